The van der Waals surface area contributed by atoms with Gasteiger partial charge in [-0.1, -0.05) is 18.2 Å². The molecule has 0 aliphatic carbocycles. The van der Waals surface area contributed by atoms with E-state index in [0.29, 0.717) is 11.4 Å². The van der Waals surface area contributed by atoms with Gasteiger partial charge in [0, 0.05) is 37.4 Å². The fourth-order valence-corrected chi connectivity index (χ4v) is 4.07. The number of rotatable bonds is 5. The molecule has 0 radical (unpaired) electrons. The Morgan fingerprint density at radius 2 is 1.65 bits per heavy atom. The minimum Gasteiger partial charge on any atom is -0.497 e. The van der Waals surface area contributed by atoms with Crippen molar-refractivity contribution in [1.29, 1.82) is 0 Å². The molecule has 0 N–H and O–H groups in total. The number of benzene rings is 2. The maximum atomic E-state index is 14.9. The lowest BCUT2D eigenvalue weighted by atomic mass is 10.0. The summed E-state index contributed by atoms with van der Waals surface area (Å²) in [6.07, 6.45) is 0. The predicted octanol–water partition coefficient (Wildman–Crippen LogP) is 3.49. The zero-order chi connectivity index (χ0) is 22.0. The molecule has 164 valence electrons. The van der Waals surface area contributed by atoms with Gasteiger partial charge in [-0.15, -0.1) is 5.10 Å². The Labute approximate surface area is 182 Å². The molecule has 0 bridgehead atoms. The highest BCUT2D eigenvalue weighted by atomic mass is 19.1. The summed E-state index contributed by atoms with van der Waals surface area (Å²) < 4.78 is 22.0. The maximum absolute atomic E-state index is 14.9. The van der Waals surface area contributed by atoms with E-state index in [-0.39, 0.29) is 17.4 Å². The number of aromatic nitrogens is 4. The van der Waals surface area contributed by atoms with Crippen LogP contribution in [0.5, 0.6) is 5.75 Å². The van der Waals surface area contributed by atoms with Gasteiger partial charge in [-0.2, -0.15) is 0 Å². The summed E-state index contributed by atoms with van der Waals surface area (Å²) in [5.41, 5.74) is 1.44. The van der Waals surface area contributed by atoms with Gasteiger partial charge in [0.2, 0.25) is 0 Å². The van der Waals surface area contributed by atoms with Crippen LogP contribution >= 0.6 is 0 Å². The van der Waals surface area contributed by atoms with Gasteiger partial charge >= 0.3 is 0 Å². The van der Waals surface area contributed by atoms with Crippen LogP contribution in [0.15, 0.2) is 48.5 Å². The number of tetrazole rings is 1. The molecule has 2 aromatic carbocycles. The Morgan fingerprint density at radius 3 is 2.26 bits per heavy atom. The minimum absolute atomic E-state index is 0.242. The van der Waals surface area contributed by atoms with Gasteiger partial charge in [-0.3, -0.25) is 4.90 Å². The number of ether oxygens (including phenoxy) is 1. The SMILES string of the molecule is COc1ccc(N2CCN([C@@H](c3ccccc3F)c3nnnn3C(C)(C)C)CC2)cc1. The van der Waals surface area contributed by atoms with Crippen LogP contribution in [0.3, 0.4) is 0 Å². The summed E-state index contributed by atoms with van der Waals surface area (Å²) in [5, 5.41) is 12.5. The quantitative estimate of drug-likeness (QED) is 0.625. The molecule has 2 heterocycles. The fourth-order valence-electron chi connectivity index (χ4n) is 4.07. The summed E-state index contributed by atoms with van der Waals surface area (Å²) in [6, 6.07) is 14.6. The van der Waals surface area contributed by atoms with Gasteiger partial charge in [0.25, 0.3) is 0 Å². The van der Waals surface area contributed by atoms with Crippen LogP contribution in [0.2, 0.25) is 0 Å². The Morgan fingerprint density at radius 1 is 0.968 bits per heavy atom. The van der Waals surface area contributed by atoms with E-state index in [1.54, 1.807) is 17.9 Å². The molecule has 8 heteroatoms. The van der Waals surface area contributed by atoms with Crippen LogP contribution in [0.4, 0.5) is 10.1 Å². The van der Waals surface area contributed by atoms with Crippen molar-refractivity contribution in [3.63, 3.8) is 0 Å². The van der Waals surface area contributed by atoms with Crippen molar-refractivity contribution < 1.29 is 9.13 Å². The second-order valence-electron chi connectivity index (χ2n) is 8.76. The lowest BCUT2D eigenvalue weighted by Gasteiger charge is -2.40. The molecule has 1 aromatic heterocycles. The molecule has 0 saturated carbocycles. The van der Waals surface area contributed by atoms with E-state index < -0.39 is 0 Å². The molecule has 0 spiro atoms. The van der Waals surface area contributed by atoms with Crippen LogP contribution in [0.1, 0.15) is 38.2 Å². The summed E-state index contributed by atoms with van der Waals surface area (Å²) >= 11 is 0. The van der Waals surface area contributed by atoms with Crippen molar-refractivity contribution in [1.82, 2.24) is 25.1 Å². The minimum atomic E-state index is -0.353. The molecule has 3 aromatic rings. The molecule has 0 amide bonds. The van der Waals surface area contributed by atoms with Crippen LogP contribution in [-0.4, -0.2) is 58.4 Å². The Balaban J connectivity index is 1.62. The first-order valence-electron chi connectivity index (χ1n) is 10.5. The first-order chi connectivity index (χ1) is 14.9. The molecule has 1 atom stereocenters. The van der Waals surface area contributed by atoms with Crippen LogP contribution < -0.4 is 9.64 Å². The van der Waals surface area contributed by atoms with Crippen molar-refractivity contribution in [2.45, 2.75) is 32.4 Å². The number of methoxy groups -OCH3 is 1. The molecule has 1 saturated heterocycles. The van der Waals surface area contributed by atoms with E-state index in [2.05, 4.69) is 37.5 Å². The second-order valence-corrected chi connectivity index (χ2v) is 8.76. The highest BCUT2D eigenvalue weighted by Crippen LogP contribution is 2.32. The molecule has 7 nitrogen and oxygen atoms in total. The average Bonchev–Trinajstić information content (AvgIpc) is 3.26. The van der Waals surface area contributed by atoms with E-state index in [1.165, 1.54) is 6.07 Å². The van der Waals surface area contributed by atoms with Crippen molar-refractivity contribution in [2.75, 3.05) is 38.2 Å². The van der Waals surface area contributed by atoms with Gasteiger partial charge in [-0.05, 0) is 61.5 Å². The van der Waals surface area contributed by atoms with Gasteiger partial charge in [0.15, 0.2) is 5.82 Å². The number of nitrogens with zero attached hydrogens (tertiary/aromatic N) is 6. The highest BCUT2D eigenvalue weighted by Gasteiger charge is 2.34. The van der Waals surface area contributed by atoms with E-state index in [9.17, 15) is 4.39 Å². The Hall–Kier alpha value is -3.00. The van der Waals surface area contributed by atoms with Crippen LogP contribution in [0, 0.1) is 5.82 Å². The van der Waals surface area contributed by atoms with Crippen LogP contribution in [-0.2, 0) is 5.54 Å². The molecule has 1 aliphatic rings. The fraction of sp³-hybridized carbons (Fsp3) is 0.435. The first kappa shape index (κ1) is 21.2. The molecular formula is C23H29FN6O. The molecule has 1 fully saturated rings. The second kappa shape index (κ2) is 8.63. The predicted molar refractivity (Wildman–Crippen MR) is 118 cm³/mol. The van der Waals surface area contributed by atoms with Crippen molar-refractivity contribution in [3.8, 4) is 5.75 Å². The van der Waals surface area contributed by atoms with E-state index in [0.717, 1.165) is 37.6 Å². The topological polar surface area (TPSA) is 59.3 Å². The normalized spacial score (nSPS) is 16.4. The molecule has 0 unspecified atom stereocenters. The number of hydrogen-bond acceptors (Lipinski definition) is 6. The van der Waals surface area contributed by atoms with Gasteiger partial charge in [0.05, 0.1) is 12.6 Å². The molecule has 1 aliphatic heterocycles. The summed E-state index contributed by atoms with van der Waals surface area (Å²) in [5.74, 6) is 1.26. The third-order valence-corrected chi connectivity index (χ3v) is 5.69. The third-order valence-electron chi connectivity index (χ3n) is 5.69. The van der Waals surface area contributed by atoms with Gasteiger partial charge < -0.3 is 9.64 Å². The summed E-state index contributed by atoms with van der Waals surface area (Å²) in [6.45, 7) is 9.33. The molecule has 4 rings (SSSR count). The summed E-state index contributed by atoms with van der Waals surface area (Å²) in [4.78, 5) is 4.60. The van der Waals surface area contributed by atoms with Gasteiger partial charge in [0.1, 0.15) is 17.6 Å². The lowest BCUT2D eigenvalue weighted by Crippen LogP contribution is -2.49. The number of piperazine rings is 1. The Bertz CT molecular complexity index is 1010. The van der Waals surface area contributed by atoms with Crippen LogP contribution in [0.25, 0.3) is 0 Å². The number of halogens is 1. The average molecular weight is 425 g/mol. The monoisotopic (exact) mass is 424 g/mol. The van der Waals surface area contributed by atoms with E-state index in [1.807, 2.05) is 45.0 Å². The third kappa shape index (κ3) is 4.39. The molecular weight excluding hydrogens is 395 g/mol. The van der Waals surface area contributed by atoms with E-state index in [4.69, 9.17) is 4.74 Å². The molecule has 31 heavy (non-hydrogen) atoms. The lowest BCUT2D eigenvalue weighted by molar-refractivity contribution is 0.188. The smallest absolute Gasteiger partial charge is 0.173 e. The Kier molecular flexibility index (Phi) is 5.91. The number of hydrogen-bond donors (Lipinski definition) is 0. The van der Waals surface area contributed by atoms with Crippen molar-refractivity contribution in [2.24, 2.45) is 0 Å². The highest BCUT2D eigenvalue weighted by molar-refractivity contribution is 5.49. The van der Waals surface area contributed by atoms with Gasteiger partial charge in [-0.25, -0.2) is 9.07 Å². The van der Waals surface area contributed by atoms with Crippen molar-refractivity contribution in [3.05, 3.63) is 65.7 Å². The largest absolute Gasteiger partial charge is 0.497 e. The standard InChI is InChI=1S/C23H29FN6O/c1-23(2,3)30-22(25-26-27-30)21(19-7-5-6-8-20(19)24)29-15-13-28(14-16-29)17-9-11-18(31-4)12-10-17/h5-12,21H,13-16H2,1-4H3/t21-/m0/s1. The van der Waals surface area contributed by atoms with E-state index >= 15 is 0 Å². The van der Waals surface area contributed by atoms with Crippen molar-refractivity contribution >= 4 is 5.69 Å². The number of anilines is 1. The maximum Gasteiger partial charge on any atom is 0.173 e. The zero-order valence-corrected chi connectivity index (χ0v) is 18.5. The zero-order valence-electron chi connectivity index (χ0n) is 18.5. The summed E-state index contributed by atoms with van der Waals surface area (Å²) in [7, 11) is 1.67. The first-order valence-corrected chi connectivity index (χ1v) is 10.5.